The van der Waals surface area contributed by atoms with Crippen molar-refractivity contribution in [3.63, 3.8) is 0 Å². The predicted octanol–water partition coefficient (Wildman–Crippen LogP) is 1.80. The SMILES string of the molecule is CC(C)(C)C1CC2COCC(C1)N2. The van der Waals surface area contributed by atoms with Crippen molar-refractivity contribution in [1.29, 1.82) is 0 Å². The minimum atomic E-state index is 0.468. The van der Waals surface area contributed by atoms with Crippen molar-refractivity contribution >= 4 is 0 Å². The van der Waals surface area contributed by atoms with Crippen LogP contribution in [0.1, 0.15) is 33.6 Å². The quantitative estimate of drug-likeness (QED) is 0.618. The lowest BCUT2D eigenvalue weighted by atomic mass is 9.71. The van der Waals surface area contributed by atoms with Gasteiger partial charge in [0.05, 0.1) is 13.2 Å². The zero-order chi connectivity index (χ0) is 9.47. The third-order valence-corrected chi connectivity index (χ3v) is 3.47. The van der Waals surface area contributed by atoms with Gasteiger partial charge in [0.2, 0.25) is 0 Å². The molecule has 0 radical (unpaired) electrons. The van der Waals surface area contributed by atoms with E-state index in [4.69, 9.17) is 4.74 Å². The Morgan fingerprint density at radius 1 is 1.08 bits per heavy atom. The molecular formula is C11H21NO. The highest BCUT2D eigenvalue weighted by atomic mass is 16.5. The van der Waals surface area contributed by atoms with Crippen molar-refractivity contribution in [1.82, 2.24) is 5.32 Å². The Balaban J connectivity index is 2.01. The molecule has 0 amide bonds. The Bertz CT molecular complexity index is 173. The Labute approximate surface area is 81.0 Å². The summed E-state index contributed by atoms with van der Waals surface area (Å²) in [5.41, 5.74) is 0.468. The molecule has 0 saturated carbocycles. The Hall–Kier alpha value is -0.0800. The molecule has 0 aromatic heterocycles. The van der Waals surface area contributed by atoms with Crippen LogP contribution < -0.4 is 5.32 Å². The van der Waals surface area contributed by atoms with Crippen LogP contribution in [0, 0.1) is 11.3 Å². The summed E-state index contributed by atoms with van der Waals surface area (Å²) < 4.78 is 5.53. The van der Waals surface area contributed by atoms with Crippen molar-refractivity contribution < 1.29 is 4.74 Å². The molecule has 2 bridgehead atoms. The van der Waals surface area contributed by atoms with E-state index in [2.05, 4.69) is 26.1 Å². The highest BCUT2D eigenvalue weighted by molar-refractivity contribution is 4.92. The molecule has 2 atom stereocenters. The van der Waals surface area contributed by atoms with Crippen molar-refractivity contribution in [3.8, 4) is 0 Å². The molecule has 2 aliphatic heterocycles. The van der Waals surface area contributed by atoms with Crippen molar-refractivity contribution in [3.05, 3.63) is 0 Å². The molecule has 2 saturated heterocycles. The van der Waals surface area contributed by atoms with Crippen molar-refractivity contribution in [2.45, 2.75) is 45.7 Å². The fourth-order valence-corrected chi connectivity index (χ4v) is 2.54. The zero-order valence-electron chi connectivity index (χ0n) is 8.97. The first kappa shape index (κ1) is 9.47. The van der Waals surface area contributed by atoms with Gasteiger partial charge in [-0.15, -0.1) is 0 Å². The van der Waals surface area contributed by atoms with Gasteiger partial charge >= 0.3 is 0 Å². The van der Waals surface area contributed by atoms with Gasteiger partial charge in [-0.05, 0) is 24.2 Å². The number of fused-ring (bicyclic) bond motifs is 2. The van der Waals surface area contributed by atoms with Gasteiger partial charge in [0.1, 0.15) is 0 Å². The number of hydrogen-bond acceptors (Lipinski definition) is 2. The van der Waals surface area contributed by atoms with Crippen LogP contribution >= 0.6 is 0 Å². The summed E-state index contributed by atoms with van der Waals surface area (Å²) in [5, 5.41) is 3.63. The maximum Gasteiger partial charge on any atom is 0.0620 e. The van der Waals surface area contributed by atoms with Crippen LogP contribution in [-0.2, 0) is 4.74 Å². The van der Waals surface area contributed by atoms with Crippen LogP contribution in [0.2, 0.25) is 0 Å². The monoisotopic (exact) mass is 183 g/mol. The number of rotatable bonds is 0. The minimum absolute atomic E-state index is 0.468. The molecule has 2 heterocycles. The largest absolute Gasteiger partial charge is 0.378 e. The van der Waals surface area contributed by atoms with E-state index in [-0.39, 0.29) is 0 Å². The first-order valence-corrected chi connectivity index (χ1v) is 5.39. The van der Waals surface area contributed by atoms with E-state index in [1.165, 1.54) is 12.8 Å². The summed E-state index contributed by atoms with van der Waals surface area (Å²) in [6.07, 6.45) is 2.58. The van der Waals surface area contributed by atoms with Gasteiger partial charge in [-0.2, -0.15) is 0 Å². The van der Waals surface area contributed by atoms with E-state index in [0.29, 0.717) is 17.5 Å². The lowest BCUT2D eigenvalue weighted by molar-refractivity contribution is -0.0114. The smallest absolute Gasteiger partial charge is 0.0620 e. The molecular weight excluding hydrogens is 162 g/mol. The lowest BCUT2D eigenvalue weighted by Crippen LogP contribution is -2.55. The fraction of sp³-hybridized carbons (Fsp3) is 1.00. The highest BCUT2D eigenvalue weighted by Gasteiger charge is 2.36. The number of piperidine rings is 1. The maximum absolute atomic E-state index is 5.53. The van der Waals surface area contributed by atoms with E-state index in [1.807, 2.05) is 0 Å². The van der Waals surface area contributed by atoms with E-state index in [9.17, 15) is 0 Å². The second-order valence-corrected chi connectivity index (χ2v) is 5.63. The summed E-state index contributed by atoms with van der Waals surface area (Å²) in [6.45, 7) is 8.92. The van der Waals surface area contributed by atoms with E-state index in [1.54, 1.807) is 0 Å². The number of hydrogen-bond donors (Lipinski definition) is 1. The van der Waals surface area contributed by atoms with Crippen LogP contribution in [-0.4, -0.2) is 25.3 Å². The second kappa shape index (κ2) is 3.25. The first-order chi connectivity index (χ1) is 6.05. The molecule has 2 aliphatic rings. The molecule has 1 N–H and O–H groups in total. The summed E-state index contributed by atoms with van der Waals surface area (Å²) >= 11 is 0. The van der Waals surface area contributed by atoms with Crippen LogP contribution in [0.25, 0.3) is 0 Å². The molecule has 0 spiro atoms. The maximum atomic E-state index is 5.53. The molecule has 2 fully saturated rings. The molecule has 13 heavy (non-hydrogen) atoms. The minimum Gasteiger partial charge on any atom is -0.378 e. The third-order valence-electron chi connectivity index (χ3n) is 3.47. The average Bonchev–Trinajstić information content (AvgIpc) is 2.01. The molecule has 2 heteroatoms. The van der Waals surface area contributed by atoms with E-state index in [0.717, 1.165) is 19.1 Å². The van der Waals surface area contributed by atoms with Gasteiger partial charge in [0, 0.05) is 12.1 Å². The van der Waals surface area contributed by atoms with E-state index < -0.39 is 0 Å². The molecule has 2 unspecified atom stereocenters. The standard InChI is InChI=1S/C11H21NO/c1-11(2,3)8-4-9-6-13-7-10(5-8)12-9/h8-10,12H,4-7H2,1-3H3. The predicted molar refractivity (Wildman–Crippen MR) is 53.7 cm³/mol. The third kappa shape index (κ3) is 2.05. The Morgan fingerprint density at radius 3 is 2.08 bits per heavy atom. The number of ether oxygens (including phenoxy) is 1. The fourth-order valence-electron chi connectivity index (χ4n) is 2.54. The average molecular weight is 183 g/mol. The normalized spacial score (nSPS) is 40.4. The van der Waals surface area contributed by atoms with Gasteiger partial charge in [-0.1, -0.05) is 20.8 Å². The van der Waals surface area contributed by atoms with Crippen molar-refractivity contribution in [2.75, 3.05) is 13.2 Å². The first-order valence-electron chi connectivity index (χ1n) is 5.39. The summed E-state index contributed by atoms with van der Waals surface area (Å²) in [5.74, 6) is 0.868. The second-order valence-electron chi connectivity index (χ2n) is 5.63. The molecule has 0 aliphatic carbocycles. The van der Waals surface area contributed by atoms with Crippen LogP contribution in [0.5, 0.6) is 0 Å². The molecule has 2 rings (SSSR count). The van der Waals surface area contributed by atoms with Crippen LogP contribution in [0.4, 0.5) is 0 Å². The number of nitrogens with one attached hydrogen (secondary N) is 1. The number of morpholine rings is 1. The Kier molecular flexibility index (Phi) is 2.37. The lowest BCUT2D eigenvalue weighted by Gasteiger charge is -2.44. The summed E-state index contributed by atoms with van der Waals surface area (Å²) in [6, 6.07) is 1.24. The van der Waals surface area contributed by atoms with Crippen molar-refractivity contribution in [2.24, 2.45) is 11.3 Å². The van der Waals surface area contributed by atoms with Gasteiger partial charge in [-0.25, -0.2) is 0 Å². The molecule has 2 nitrogen and oxygen atoms in total. The van der Waals surface area contributed by atoms with E-state index >= 15 is 0 Å². The zero-order valence-corrected chi connectivity index (χ0v) is 8.97. The molecule has 0 aromatic rings. The van der Waals surface area contributed by atoms with Crippen LogP contribution in [0.3, 0.4) is 0 Å². The topological polar surface area (TPSA) is 21.3 Å². The summed E-state index contributed by atoms with van der Waals surface area (Å²) in [7, 11) is 0. The van der Waals surface area contributed by atoms with Gasteiger partial charge in [-0.3, -0.25) is 0 Å². The molecule has 0 aromatic carbocycles. The molecule has 76 valence electrons. The van der Waals surface area contributed by atoms with Gasteiger partial charge < -0.3 is 10.1 Å². The Morgan fingerprint density at radius 2 is 1.62 bits per heavy atom. The van der Waals surface area contributed by atoms with Gasteiger partial charge in [0.25, 0.3) is 0 Å². The van der Waals surface area contributed by atoms with Gasteiger partial charge in [0.15, 0.2) is 0 Å². The van der Waals surface area contributed by atoms with Crippen LogP contribution in [0.15, 0.2) is 0 Å². The summed E-state index contributed by atoms with van der Waals surface area (Å²) in [4.78, 5) is 0. The highest BCUT2D eigenvalue weighted by Crippen LogP contribution is 2.37.